The van der Waals surface area contributed by atoms with Gasteiger partial charge in [-0.05, 0) is 12.0 Å². The molecule has 0 radical (unpaired) electrons. The van der Waals surface area contributed by atoms with Crippen molar-refractivity contribution >= 4 is 17.5 Å². The van der Waals surface area contributed by atoms with Crippen LogP contribution in [0.3, 0.4) is 0 Å². The van der Waals surface area contributed by atoms with E-state index in [1.165, 1.54) is 0 Å². The maximum atomic E-state index is 12.4. The number of aromatic nitrogens is 3. The van der Waals surface area contributed by atoms with Gasteiger partial charge in [-0.25, -0.2) is 0 Å². The molecule has 21 heavy (non-hydrogen) atoms. The zero-order valence-corrected chi connectivity index (χ0v) is 12.6. The van der Waals surface area contributed by atoms with Crippen molar-refractivity contribution in [2.75, 3.05) is 7.05 Å². The largest absolute Gasteiger partial charge is 0.337 e. The van der Waals surface area contributed by atoms with Crippen molar-refractivity contribution < 1.29 is 4.79 Å². The standard InChI is InChI=1S/C15H17ClN4O/c1-19(10-13-18-17-12-8-5-9-20(12)13)15(21)14(16)11-6-3-2-4-7-11/h2-4,6-7,14H,5,8-10H2,1H3. The Morgan fingerprint density at radius 1 is 1.38 bits per heavy atom. The fourth-order valence-corrected chi connectivity index (χ4v) is 2.89. The number of carbonyl (C=O) groups is 1. The van der Waals surface area contributed by atoms with E-state index >= 15 is 0 Å². The Morgan fingerprint density at radius 2 is 2.14 bits per heavy atom. The highest BCUT2D eigenvalue weighted by atomic mass is 35.5. The number of hydrogen-bond acceptors (Lipinski definition) is 3. The van der Waals surface area contributed by atoms with Gasteiger partial charge in [0.2, 0.25) is 5.91 Å². The average Bonchev–Trinajstić information content (AvgIpc) is 3.11. The summed E-state index contributed by atoms with van der Waals surface area (Å²) in [5.74, 6) is 1.71. The van der Waals surface area contributed by atoms with Crippen molar-refractivity contribution in [3.63, 3.8) is 0 Å². The summed E-state index contributed by atoms with van der Waals surface area (Å²) in [4.78, 5) is 14.0. The minimum atomic E-state index is -0.669. The lowest BCUT2D eigenvalue weighted by atomic mass is 10.1. The SMILES string of the molecule is CN(Cc1nnc2n1CCC2)C(=O)C(Cl)c1ccccc1. The predicted molar refractivity (Wildman–Crippen MR) is 79.9 cm³/mol. The summed E-state index contributed by atoms with van der Waals surface area (Å²) in [5, 5.41) is 7.65. The Bertz CT molecular complexity index is 640. The molecule has 1 aliphatic heterocycles. The van der Waals surface area contributed by atoms with Gasteiger partial charge in [-0.2, -0.15) is 0 Å². The van der Waals surface area contributed by atoms with Gasteiger partial charge in [0.25, 0.3) is 0 Å². The second-order valence-electron chi connectivity index (χ2n) is 5.26. The first-order valence-electron chi connectivity index (χ1n) is 7.02. The van der Waals surface area contributed by atoms with Gasteiger partial charge in [0.1, 0.15) is 11.2 Å². The minimum Gasteiger partial charge on any atom is -0.337 e. The summed E-state index contributed by atoms with van der Waals surface area (Å²) in [6, 6.07) is 9.38. The minimum absolute atomic E-state index is 0.127. The number of alkyl halides is 1. The van der Waals surface area contributed by atoms with Crippen LogP contribution < -0.4 is 0 Å². The van der Waals surface area contributed by atoms with Gasteiger partial charge in [-0.15, -0.1) is 21.8 Å². The fourth-order valence-electron chi connectivity index (χ4n) is 2.58. The molecule has 0 fully saturated rings. The third-order valence-electron chi connectivity index (χ3n) is 3.75. The summed E-state index contributed by atoms with van der Waals surface area (Å²) >= 11 is 6.27. The maximum absolute atomic E-state index is 12.4. The summed E-state index contributed by atoms with van der Waals surface area (Å²) in [6.07, 6.45) is 2.06. The van der Waals surface area contributed by atoms with E-state index in [9.17, 15) is 4.79 Å². The Balaban J connectivity index is 1.70. The van der Waals surface area contributed by atoms with Crippen molar-refractivity contribution in [2.45, 2.75) is 31.3 Å². The number of aryl methyl sites for hydroxylation is 1. The molecule has 0 bridgehead atoms. The first-order valence-corrected chi connectivity index (χ1v) is 7.45. The maximum Gasteiger partial charge on any atom is 0.245 e. The van der Waals surface area contributed by atoms with Crippen LogP contribution in [0.4, 0.5) is 0 Å². The molecule has 1 aromatic heterocycles. The molecule has 5 nitrogen and oxygen atoms in total. The number of fused-ring (bicyclic) bond motifs is 1. The number of benzene rings is 1. The van der Waals surface area contributed by atoms with Gasteiger partial charge >= 0.3 is 0 Å². The van der Waals surface area contributed by atoms with Crippen molar-refractivity contribution in [1.29, 1.82) is 0 Å². The number of carbonyl (C=O) groups excluding carboxylic acids is 1. The molecular formula is C15H17ClN4O. The molecule has 6 heteroatoms. The van der Waals surface area contributed by atoms with Gasteiger partial charge in [0.05, 0.1) is 6.54 Å². The topological polar surface area (TPSA) is 51.0 Å². The van der Waals surface area contributed by atoms with Crippen LogP contribution in [0.15, 0.2) is 30.3 Å². The predicted octanol–water partition coefficient (Wildman–Crippen LogP) is 2.16. The van der Waals surface area contributed by atoms with Crippen LogP contribution in [0.25, 0.3) is 0 Å². The Hall–Kier alpha value is -1.88. The monoisotopic (exact) mass is 304 g/mol. The van der Waals surface area contributed by atoms with Gasteiger partial charge in [0, 0.05) is 20.0 Å². The molecule has 1 atom stereocenters. The van der Waals surface area contributed by atoms with Gasteiger partial charge < -0.3 is 9.47 Å². The number of amides is 1. The second kappa shape index (κ2) is 5.85. The lowest BCUT2D eigenvalue weighted by Crippen LogP contribution is -2.30. The van der Waals surface area contributed by atoms with Crippen molar-refractivity contribution in [3.05, 3.63) is 47.5 Å². The summed E-state index contributed by atoms with van der Waals surface area (Å²) in [7, 11) is 1.75. The molecule has 110 valence electrons. The molecule has 0 saturated heterocycles. The third kappa shape index (κ3) is 2.78. The highest BCUT2D eigenvalue weighted by molar-refractivity contribution is 6.30. The van der Waals surface area contributed by atoms with Crippen LogP contribution in [0.1, 0.15) is 29.0 Å². The molecule has 1 amide bonds. The van der Waals surface area contributed by atoms with Crippen LogP contribution >= 0.6 is 11.6 Å². The molecule has 3 rings (SSSR count). The number of nitrogens with zero attached hydrogens (tertiary/aromatic N) is 4. The summed E-state index contributed by atoms with van der Waals surface area (Å²) in [6.45, 7) is 1.37. The Kier molecular flexibility index (Phi) is 3.92. The molecule has 2 heterocycles. The quantitative estimate of drug-likeness (QED) is 0.813. The van der Waals surface area contributed by atoms with E-state index in [4.69, 9.17) is 11.6 Å². The van der Waals surface area contributed by atoms with Crippen LogP contribution in [0, 0.1) is 0 Å². The van der Waals surface area contributed by atoms with Crippen LogP contribution in [-0.4, -0.2) is 32.6 Å². The lowest BCUT2D eigenvalue weighted by molar-refractivity contribution is -0.130. The second-order valence-corrected chi connectivity index (χ2v) is 5.69. The highest BCUT2D eigenvalue weighted by Gasteiger charge is 2.24. The molecule has 1 aliphatic rings. The number of rotatable bonds is 4. The highest BCUT2D eigenvalue weighted by Crippen LogP contribution is 2.23. The molecule has 2 aromatic rings. The van der Waals surface area contributed by atoms with E-state index in [1.54, 1.807) is 11.9 Å². The Morgan fingerprint density at radius 3 is 2.90 bits per heavy atom. The van der Waals surface area contributed by atoms with E-state index in [0.717, 1.165) is 36.6 Å². The van der Waals surface area contributed by atoms with E-state index < -0.39 is 5.38 Å². The zero-order chi connectivity index (χ0) is 14.8. The Labute approximate surface area is 128 Å². The van der Waals surface area contributed by atoms with E-state index in [1.807, 2.05) is 30.3 Å². The first-order chi connectivity index (χ1) is 10.2. The summed E-state index contributed by atoms with van der Waals surface area (Å²) < 4.78 is 2.09. The molecule has 0 spiro atoms. The van der Waals surface area contributed by atoms with Gasteiger partial charge in [-0.1, -0.05) is 30.3 Å². The third-order valence-corrected chi connectivity index (χ3v) is 4.19. The number of hydrogen-bond donors (Lipinski definition) is 0. The van der Waals surface area contributed by atoms with Crippen molar-refractivity contribution in [3.8, 4) is 0 Å². The van der Waals surface area contributed by atoms with Crippen LogP contribution in [-0.2, 0) is 24.3 Å². The van der Waals surface area contributed by atoms with E-state index in [2.05, 4.69) is 14.8 Å². The van der Waals surface area contributed by atoms with Gasteiger partial charge in [-0.3, -0.25) is 4.79 Å². The molecule has 0 N–H and O–H groups in total. The van der Waals surface area contributed by atoms with Crippen LogP contribution in [0.2, 0.25) is 0 Å². The molecule has 1 unspecified atom stereocenters. The molecule has 0 aliphatic carbocycles. The van der Waals surface area contributed by atoms with Crippen LogP contribution in [0.5, 0.6) is 0 Å². The average molecular weight is 305 g/mol. The number of likely N-dealkylation sites (N-methyl/N-ethyl adjacent to an activating group) is 1. The number of halogens is 1. The smallest absolute Gasteiger partial charge is 0.245 e. The van der Waals surface area contributed by atoms with Crippen molar-refractivity contribution in [2.24, 2.45) is 0 Å². The van der Waals surface area contributed by atoms with E-state index in [0.29, 0.717) is 6.54 Å². The fraction of sp³-hybridized carbons (Fsp3) is 0.400. The lowest BCUT2D eigenvalue weighted by Gasteiger charge is -2.20. The molecule has 1 aromatic carbocycles. The first kappa shape index (κ1) is 14.1. The van der Waals surface area contributed by atoms with Gasteiger partial charge in [0.15, 0.2) is 5.82 Å². The normalized spacial score (nSPS) is 14.8. The molecular weight excluding hydrogens is 288 g/mol. The van der Waals surface area contributed by atoms with Crippen molar-refractivity contribution in [1.82, 2.24) is 19.7 Å². The summed E-state index contributed by atoms with van der Waals surface area (Å²) in [5.41, 5.74) is 0.808. The zero-order valence-electron chi connectivity index (χ0n) is 11.9. The molecule has 0 saturated carbocycles. The van der Waals surface area contributed by atoms with E-state index in [-0.39, 0.29) is 5.91 Å².